The van der Waals surface area contributed by atoms with Crippen molar-refractivity contribution in [2.45, 2.75) is 104 Å². The van der Waals surface area contributed by atoms with E-state index in [0.29, 0.717) is 12.5 Å². The van der Waals surface area contributed by atoms with Gasteiger partial charge in [0.1, 0.15) is 0 Å². The van der Waals surface area contributed by atoms with Gasteiger partial charge < -0.3 is 5.11 Å². The maximum absolute atomic E-state index is 9.35. The SMILES string of the molecule is CCCCCCCCCCCC(CO)CCCCC. The predicted molar refractivity (Wildman–Crippen MR) is 86.6 cm³/mol. The van der Waals surface area contributed by atoms with Crippen LogP contribution in [-0.2, 0) is 0 Å². The van der Waals surface area contributed by atoms with Crippen molar-refractivity contribution < 1.29 is 5.11 Å². The second-order valence-electron chi connectivity index (χ2n) is 6.16. The monoisotopic (exact) mass is 270 g/mol. The third-order valence-corrected chi connectivity index (χ3v) is 4.19. The van der Waals surface area contributed by atoms with Gasteiger partial charge in [-0.25, -0.2) is 0 Å². The summed E-state index contributed by atoms with van der Waals surface area (Å²) in [6.45, 7) is 4.92. The van der Waals surface area contributed by atoms with Gasteiger partial charge >= 0.3 is 0 Å². The van der Waals surface area contributed by atoms with Gasteiger partial charge in [-0.15, -0.1) is 0 Å². The Morgan fingerprint density at radius 1 is 0.579 bits per heavy atom. The van der Waals surface area contributed by atoms with Gasteiger partial charge in [0.15, 0.2) is 0 Å². The molecule has 0 saturated heterocycles. The molecule has 0 radical (unpaired) electrons. The summed E-state index contributed by atoms with van der Waals surface area (Å²) in [7, 11) is 0. The first-order chi connectivity index (χ1) is 9.35. The van der Waals surface area contributed by atoms with E-state index in [1.54, 1.807) is 0 Å². The summed E-state index contributed by atoms with van der Waals surface area (Å²) in [6.07, 6.45) is 19.0. The highest BCUT2D eigenvalue weighted by molar-refractivity contribution is 4.59. The summed E-state index contributed by atoms with van der Waals surface area (Å²) in [5.41, 5.74) is 0. The Labute approximate surface area is 122 Å². The average Bonchev–Trinajstić information content (AvgIpc) is 2.43. The van der Waals surface area contributed by atoms with Gasteiger partial charge in [0, 0.05) is 6.61 Å². The minimum absolute atomic E-state index is 0.404. The van der Waals surface area contributed by atoms with Crippen LogP contribution in [0.2, 0.25) is 0 Å². The highest BCUT2D eigenvalue weighted by atomic mass is 16.3. The standard InChI is InChI=1S/C18H38O/c1-3-5-7-8-9-10-11-12-14-16-18(17-19)15-13-6-4-2/h18-19H,3-17H2,1-2H3. The molecule has 0 aromatic heterocycles. The van der Waals surface area contributed by atoms with E-state index in [1.807, 2.05) is 0 Å². The first kappa shape index (κ1) is 19.0. The average molecular weight is 271 g/mol. The van der Waals surface area contributed by atoms with Crippen molar-refractivity contribution >= 4 is 0 Å². The van der Waals surface area contributed by atoms with Crippen molar-refractivity contribution in [3.8, 4) is 0 Å². The molecule has 116 valence electrons. The molecular formula is C18H38O. The molecule has 0 bridgehead atoms. The van der Waals surface area contributed by atoms with Crippen molar-refractivity contribution in [3.63, 3.8) is 0 Å². The molecule has 1 atom stereocenters. The van der Waals surface area contributed by atoms with Crippen LogP contribution in [0.1, 0.15) is 104 Å². The van der Waals surface area contributed by atoms with E-state index >= 15 is 0 Å². The summed E-state index contributed by atoms with van der Waals surface area (Å²) in [6, 6.07) is 0. The predicted octanol–water partition coefficient (Wildman–Crippen LogP) is 6.10. The van der Waals surface area contributed by atoms with Crippen LogP contribution in [-0.4, -0.2) is 11.7 Å². The van der Waals surface area contributed by atoms with Gasteiger partial charge in [-0.05, 0) is 18.8 Å². The fourth-order valence-electron chi connectivity index (χ4n) is 2.75. The third kappa shape index (κ3) is 14.2. The lowest BCUT2D eigenvalue weighted by Gasteiger charge is -2.13. The van der Waals surface area contributed by atoms with Crippen molar-refractivity contribution in [2.24, 2.45) is 5.92 Å². The van der Waals surface area contributed by atoms with Gasteiger partial charge in [-0.2, -0.15) is 0 Å². The van der Waals surface area contributed by atoms with Gasteiger partial charge in [0.2, 0.25) is 0 Å². The Morgan fingerprint density at radius 3 is 1.42 bits per heavy atom. The van der Waals surface area contributed by atoms with Crippen molar-refractivity contribution in [3.05, 3.63) is 0 Å². The quantitative estimate of drug-likeness (QED) is 0.357. The fourth-order valence-corrected chi connectivity index (χ4v) is 2.75. The Bertz CT molecular complexity index is 156. The molecule has 1 N–H and O–H groups in total. The lowest BCUT2D eigenvalue weighted by molar-refractivity contribution is 0.204. The second kappa shape index (κ2) is 16.0. The Balaban J connectivity index is 3.21. The van der Waals surface area contributed by atoms with E-state index in [4.69, 9.17) is 0 Å². The molecule has 0 fully saturated rings. The van der Waals surface area contributed by atoms with Crippen LogP contribution in [0, 0.1) is 5.92 Å². The summed E-state index contributed by atoms with van der Waals surface area (Å²) in [5, 5.41) is 9.35. The topological polar surface area (TPSA) is 20.2 Å². The lowest BCUT2D eigenvalue weighted by atomic mass is 9.95. The van der Waals surface area contributed by atoms with E-state index in [9.17, 15) is 5.11 Å². The minimum Gasteiger partial charge on any atom is -0.396 e. The molecule has 0 aromatic carbocycles. The molecule has 0 rings (SSSR count). The molecule has 1 heteroatoms. The summed E-state index contributed by atoms with van der Waals surface area (Å²) >= 11 is 0. The number of unbranched alkanes of at least 4 members (excludes halogenated alkanes) is 10. The molecule has 0 aromatic rings. The Kier molecular flexibility index (Phi) is 16.0. The molecule has 0 heterocycles. The van der Waals surface area contributed by atoms with Crippen LogP contribution < -0.4 is 0 Å². The maximum Gasteiger partial charge on any atom is 0.0459 e. The molecule has 19 heavy (non-hydrogen) atoms. The van der Waals surface area contributed by atoms with Crippen LogP contribution in [0.25, 0.3) is 0 Å². The summed E-state index contributed by atoms with van der Waals surface area (Å²) in [5.74, 6) is 0.580. The second-order valence-corrected chi connectivity index (χ2v) is 6.16. The van der Waals surface area contributed by atoms with E-state index in [2.05, 4.69) is 13.8 Å². The van der Waals surface area contributed by atoms with E-state index in [-0.39, 0.29) is 0 Å². The van der Waals surface area contributed by atoms with Crippen LogP contribution in [0.15, 0.2) is 0 Å². The number of aliphatic hydroxyl groups excluding tert-OH is 1. The Morgan fingerprint density at radius 2 is 0.947 bits per heavy atom. The maximum atomic E-state index is 9.35. The van der Waals surface area contributed by atoms with Gasteiger partial charge in [-0.1, -0.05) is 90.9 Å². The van der Waals surface area contributed by atoms with E-state index in [0.717, 1.165) is 0 Å². The minimum atomic E-state index is 0.404. The van der Waals surface area contributed by atoms with Crippen molar-refractivity contribution in [1.29, 1.82) is 0 Å². The first-order valence-electron chi connectivity index (χ1n) is 8.96. The molecule has 1 unspecified atom stereocenters. The smallest absolute Gasteiger partial charge is 0.0459 e. The third-order valence-electron chi connectivity index (χ3n) is 4.19. The van der Waals surface area contributed by atoms with Crippen LogP contribution in [0.3, 0.4) is 0 Å². The number of hydrogen-bond donors (Lipinski definition) is 1. The van der Waals surface area contributed by atoms with Gasteiger partial charge in [-0.3, -0.25) is 0 Å². The van der Waals surface area contributed by atoms with E-state index in [1.165, 1.54) is 89.9 Å². The van der Waals surface area contributed by atoms with Crippen LogP contribution >= 0.6 is 0 Å². The molecule has 0 saturated carbocycles. The molecule has 1 nitrogen and oxygen atoms in total. The number of rotatable bonds is 15. The van der Waals surface area contributed by atoms with Gasteiger partial charge in [0.25, 0.3) is 0 Å². The zero-order chi connectivity index (χ0) is 14.2. The number of hydrogen-bond acceptors (Lipinski definition) is 1. The molecule has 0 spiro atoms. The largest absolute Gasteiger partial charge is 0.396 e. The molecule has 0 aliphatic rings. The molecule has 0 amide bonds. The molecule has 0 aliphatic heterocycles. The summed E-state index contributed by atoms with van der Waals surface area (Å²) < 4.78 is 0. The highest BCUT2D eigenvalue weighted by Gasteiger charge is 2.06. The summed E-state index contributed by atoms with van der Waals surface area (Å²) in [4.78, 5) is 0. The lowest BCUT2D eigenvalue weighted by Crippen LogP contribution is -2.05. The van der Waals surface area contributed by atoms with Crippen molar-refractivity contribution in [2.75, 3.05) is 6.61 Å². The zero-order valence-electron chi connectivity index (χ0n) is 13.6. The molecular weight excluding hydrogens is 232 g/mol. The Hall–Kier alpha value is -0.0400. The molecule has 0 aliphatic carbocycles. The van der Waals surface area contributed by atoms with Crippen LogP contribution in [0.5, 0.6) is 0 Å². The van der Waals surface area contributed by atoms with Crippen LogP contribution in [0.4, 0.5) is 0 Å². The highest BCUT2D eigenvalue weighted by Crippen LogP contribution is 2.18. The fraction of sp³-hybridized carbons (Fsp3) is 1.00. The van der Waals surface area contributed by atoms with Crippen molar-refractivity contribution in [1.82, 2.24) is 0 Å². The first-order valence-corrected chi connectivity index (χ1v) is 8.96. The zero-order valence-corrected chi connectivity index (χ0v) is 13.6. The van der Waals surface area contributed by atoms with Gasteiger partial charge in [0.05, 0.1) is 0 Å². The van der Waals surface area contributed by atoms with E-state index < -0.39 is 0 Å². The normalized spacial score (nSPS) is 12.8. The number of aliphatic hydroxyl groups is 1.